The quantitative estimate of drug-likeness (QED) is 0.119. The summed E-state index contributed by atoms with van der Waals surface area (Å²) in [7, 11) is 0. The molecule has 2 aromatic heterocycles. The van der Waals surface area contributed by atoms with Gasteiger partial charge in [0, 0.05) is 17.7 Å². The Bertz CT molecular complexity index is 1800. The normalized spacial score (nSPS) is 11.6. The molecule has 1 amide bonds. The molecule has 0 spiro atoms. The van der Waals surface area contributed by atoms with Gasteiger partial charge in [-0.2, -0.15) is 4.98 Å². The van der Waals surface area contributed by atoms with Crippen LogP contribution in [0.15, 0.2) is 53.5 Å². The first kappa shape index (κ1) is 32.1. The zero-order valence-corrected chi connectivity index (χ0v) is 24.6. The van der Waals surface area contributed by atoms with E-state index in [4.69, 9.17) is 9.84 Å². The molecule has 0 bridgehead atoms. The second-order valence-electron chi connectivity index (χ2n) is 10.3. The van der Waals surface area contributed by atoms with E-state index in [1.165, 1.54) is 18.3 Å². The highest BCUT2D eigenvalue weighted by molar-refractivity contribution is 5.97. The number of hydrogen-bond donors (Lipinski definition) is 6. The molecule has 1 atom stereocenters. The largest absolute Gasteiger partial charge is 0.481 e. The van der Waals surface area contributed by atoms with Gasteiger partial charge in [-0.05, 0) is 69.2 Å². The van der Waals surface area contributed by atoms with Gasteiger partial charge >= 0.3 is 23.5 Å². The standard InChI is InChI=1S/C30H31N7O8/c1-15(2)45-29(44)20-9-4-16(3)12-22(20)35-30-36-25-24(27(41)37-30)33-19(14-32-25)13-31-18-7-5-17(6-8-18)26(40)34-21(28(42)43)10-11-23(38)39/h4-9,12,14-15,21,31H,10-11,13H2,1-3H3,(H,34,40)(H,38,39)(H,42,43)(H2,32,35,36,37,41)/t21-/m0/s1. The van der Waals surface area contributed by atoms with Crippen LogP contribution in [0.5, 0.6) is 0 Å². The third-order valence-corrected chi connectivity index (χ3v) is 6.34. The molecule has 0 saturated heterocycles. The number of esters is 1. The van der Waals surface area contributed by atoms with E-state index in [0.29, 0.717) is 17.1 Å². The number of carbonyl (C=O) groups excluding carboxylic acids is 2. The van der Waals surface area contributed by atoms with Gasteiger partial charge in [0.1, 0.15) is 6.04 Å². The third kappa shape index (κ3) is 8.59. The summed E-state index contributed by atoms with van der Waals surface area (Å²) in [6.45, 7) is 5.52. The average molecular weight is 618 g/mol. The lowest BCUT2D eigenvalue weighted by atomic mass is 10.1. The number of carboxylic acid groups (broad SMARTS) is 2. The highest BCUT2D eigenvalue weighted by atomic mass is 16.5. The van der Waals surface area contributed by atoms with Crippen LogP contribution in [0.4, 0.5) is 17.3 Å². The zero-order valence-electron chi connectivity index (χ0n) is 24.6. The summed E-state index contributed by atoms with van der Waals surface area (Å²) >= 11 is 0. The summed E-state index contributed by atoms with van der Waals surface area (Å²) in [5, 5.41) is 26.4. The van der Waals surface area contributed by atoms with Gasteiger partial charge in [-0.1, -0.05) is 6.07 Å². The number of aromatic amines is 1. The number of ether oxygens (including phenoxy) is 1. The van der Waals surface area contributed by atoms with Crippen LogP contribution in [0.25, 0.3) is 11.2 Å². The number of nitrogens with zero attached hydrogens (tertiary/aromatic N) is 3. The number of aryl methyl sites for hydroxylation is 1. The van der Waals surface area contributed by atoms with Gasteiger partial charge in [0.2, 0.25) is 5.95 Å². The lowest BCUT2D eigenvalue weighted by molar-refractivity contribution is -0.140. The smallest absolute Gasteiger partial charge is 0.340 e. The van der Waals surface area contributed by atoms with Crippen LogP contribution in [0, 0.1) is 6.92 Å². The van der Waals surface area contributed by atoms with Gasteiger partial charge in [-0.15, -0.1) is 0 Å². The Hall–Kier alpha value is -5.86. The number of hydrogen-bond acceptors (Lipinski definition) is 11. The van der Waals surface area contributed by atoms with E-state index in [1.807, 2.05) is 6.92 Å². The second kappa shape index (κ2) is 14.1. The van der Waals surface area contributed by atoms with Gasteiger partial charge in [0.15, 0.2) is 11.2 Å². The van der Waals surface area contributed by atoms with E-state index >= 15 is 0 Å². The minimum atomic E-state index is -1.34. The number of fused-ring (bicyclic) bond motifs is 1. The molecule has 0 aliphatic rings. The highest BCUT2D eigenvalue weighted by Gasteiger charge is 2.22. The Morgan fingerprint density at radius 3 is 2.42 bits per heavy atom. The first-order valence-electron chi connectivity index (χ1n) is 13.8. The van der Waals surface area contributed by atoms with Crippen molar-refractivity contribution in [2.75, 3.05) is 10.6 Å². The molecule has 4 aromatic rings. The number of aliphatic carboxylic acids is 2. The number of rotatable bonds is 13. The second-order valence-corrected chi connectivity index (χ2v) is 10.3. The molecule has 6 N–H and O–H groups in total. The van der Waals surface area contributed by atoms with E-state index in [-0.39, 0.29) is 47.3 Å². The van der Waals surface area contributed by atoms with E-state index < -0.39 is 41.8 Å². The molecule has 0 unspecified atom stereocenters. The van der Waals surface area contributed by atoms with Crippen molar-refractivity contribution in [3.05, 3.63) is 81.4 Å². The Kier molecular flexibility index (Phi) is 10.0. The maximum absolute atomic E-state index is 12.9. The Morgan fingerprint density at radius 2 is 1.76 bits per heavy atom. The molecule has 15 heteroatoms. The fourth-order valence-electron chi connectivity index (χ4n) is 4.15. The van der Waals surface area contributed by atoms with E-state index in [9.17, 15) is 29.1 Å². The minimum Gasteiger partial charge on any atom is -0.481 e. The topological polar surface area (TPSA) is 226 Å². The minimum absolute atomic E-state index is 0.00596. The number of H-pyrrole nitrogens is 1. The number of carbonyl (C=O) groups is 4. The number of aromatic nitrogens is 4. The number of benzene rings is 2. The van der Waals surface area contributed by atoms with Crippen LogP contribution in [0.1, 0.15) is 58.7 Å². The van der Waals surface area contributed by atoms with Crippen molar-refractivity contribution in [1.82, 2.24) is 25.3 Å². The van der Waals surface area contributed by atoms with E-state index in [2.05, 4.69) is 35.9 Å². The van der Waals surface area contributed by atoms with E-state index in [1.54, 1.807) is 44.2 Å². The number of carboxylic acids is 2. The predicted octanol–water partition coefficient (Wildman–Crippen LogP) is 2.99. The summed E-state index contributed by atoms with van der Waals surface area (Å²) in [5.74, 6) is -3.61. The summed E-state index contributed by atoms with van der Waals surface area (Å²) in [5.41, 5.74) is 2.31. The van der Waals surface area contributed by atoms with Gasteiger partial charge < -0.3 is 35.9 Å². The molecule has 2 aromatic carbocycles. The molecule has 15 nitrogen and oxygen atoms in total. The zero-order chi connectivity index (χ0) is 32.7. The molecular weight excluding hydrogens is 586 g/mol. The number of nitrogens with one attached hydrogen (secondary N) is 4. The van der Waals surface area contributed by atoms with Crippen molar-refractivity contribution in [1.29, 1.82) is 0 Å². The summed E-state index contributed by atoms with van der Waals surface area (Å²) in [4.78, 5) is 75.6. The molecule has 4 rings (SSSR count). The van der Waals surface area contributed by atoms with Crippen molar-refractivity contribution in [3.8, 4) is 0 Å². The molecule has 234 valence electrons. The summed E-state index contributed by atoms with van der Waals surface area (Å²) in [6.07, 6.45) is 0.508. The average Bonchev–Trinajstić information content (AvgIpc) is 2.98. The lowest BCUT2D eigenvalue weighted by Crippen LogP contribution is -2.41. The van der Waals surface area contributed by atoms with Crippen molar-refractivity contribution >= 4 is 52.3 Å². The fraction of sp³-hybridized carbons (Fsp3) is 0.267. The van der Waals surface area contributed by atoms with Gasteiger partial charge in [0.25, 0.3) is 5.91 Å². The molecule has 0 aliphatic heterocycles. The maximum atomic E-state index is 12.9. The summed E-state index contributed by atoms with van der Waals surface area (Å²) < 4.78 is 5.32. The fourth-order valence-corrected chi connectivity index (χ4v) is 4.15. The molecule has 0 radical (unpaired) electrons. The molecular formula is C30H31N7O8. The first-order chi connectivity index (χ1) is 21.4. The maximum Gasteiger partial charge on any atom is 0.340 e. The van der Waals surface area contributed by atoms with Crippen LogP contribution in [0.3, 0.4) is 0 Å². The van der Waals surface area contributed by atoms with Gasteiger partial charge in [-0.25, -0.2) is 19.6 Å². The molecule has 0 aliphatic carbocycles. The van der Waals surface area contributed by atoms with Crippen LogP contribution in [-0.4, -0.2) is 66.1 Å². The monoisotopic (exact) mass is 617 g/mol. The highest BCUT2D eigenvalue weighted by Crippen LogP contribution is 2.22. The SMILES string of the molecule is Cc1ccc(C(=O)OC(C)C)c(Nc2nc(=O)c3nc(CNc4ccc(C(=O)N[C@@H](CCC(=O)O)C(=O)O)cc4)cnc3[nH]2)c1. The van der Waals surface area contributed by atoms with Crippen LogP contribution in [0.2, 0.25) is 0 Å². The Balaban J connectivity index is 1.43. The molecule has 0 fully saturated rings. The lowest BCUT2D eigenvalue weighted by Gasteiger charge is -2.14. The molecule has 2 heterocycles. The predicted molar refractivity (Wildman–Crippen MR) is 162 cm³/mol. The summed E-state index contributed by atoms with van der Waals surface area (Å²) in [6, 6.07) is 9.94. The Morgan fingerprint density at radius 1 is 1.02 bits per heavy atom. The van der Waals surface area contributed by atoms with Gasteiger partial charge in [0.05, 0.1) is 35.8 Å². The molecule has 45 heavy (non-hydrogen) atoms. The van der Waals surface area contributed by atoms with Crippen LogP contribution >= 0.6 is 0 Å². The number of amides is 1. The van der Waals surface area contributed by atoms with Crippen LogP contribution < -0.4 is 21.5 Å². The molecule has 0 saturated carbocycles. The first-order valence-corrected chi connectivity index (χ1v) is 13.8. The third-order valence-electron chi connectivity index (χ3n) is 6.34. The van der Waals surface area contributed by atoms with Crippen molar-refractivity contribution < 1.29 is 34.1 Å². The van der Waals surface area contributed by atoms with Crippen LogP contribution in [-0.2, 0) is 20.9 Å². The number of anilines is 3. The van der Waals surface area contributed by atoms with Crippen molar-refractivity contribution in [3.63, 3.8) is 0 Å². The van der Waals surface area contributed by atoms with Gasteiger partial charge in [-0.3, -0.25) is 14.4 Å². The van der Waals surface area contributed by atoms with Crippen molar-refractivity contribution in [2.45, 2.75) is 52.3 Å². The Labute approximate surface area is 256 Å². The van der Waals surface area contributed by atoms with E-state index in [0.717, 1.165) is 5.56 Å². The van der Waals surface area contributed by atoms with Crippen molar-refractivity contribution in [2.24, 2.45) is 0 Å².